The summed E-state index contributed by atoms with van der Waals surface area (Å²) in [4.78, 5) is 0. The average molecular weight is 194 g/mol. The molecule has 0 aliphatic carbocycles. The first-order valence-corrected chi connectivity index (χ1v) is 4.86. The highest BCUT2D eigenvalue weighted by molar-refractivity contribution is 5.14. The topological polar surface area (TPSA) is 47.3 Å². The van der Waals surface area contributed by atoms with Crippen LogP contribution in [0.15, 0.2) is 30.3 Å². The Morgan fingerprint density at radius 3 is 2.64 bits per heavy atom. The summed E-state index contributed by atoms with van der Waals surface area (Å²) in [6.07, 6.45) is 2.02. The molecule has 0 spiro atoms. The molecule has 1 unspecified atom stereocenters. The Hall–Kier alpha value is -0.900. The second-order valence-electron chi connectivity index (χ2n) is 3.34. The van der Waals surface area contributed by atoms with Gasteiger partial charge in [0.25, 0.3) is 0 Å². The van der Waals surface area contributed by atoms with E-state index in [0.717, 1.165) is 12.8 Å². The molecule has 0 amide bonds. The van der Waals surface area contributed by atoms with Gasteiger partial charge < -0.3 is 4.74 Å². The lowest BCUT2D eigenvalue weighted by atomic mass is 10.1. The van der Waals surface area contributed by atoms with Gasteiger partial charge in [0.2, 0.25) is 0 Å². The maximum absolute atomic E-state index is 5.39. The van der Waals surface area contributed by atoms with Crippen molar-refractivity contribution in [1.82, 2.24) is 5.43 Å². The number of hydrogen-bond donors (Lipinski definition) is 2. The van der Waals surface area contributed by atoms with Crippen LogP contribution in [0.1, 0.15) is 12.0 Å². The van der Waals surface area contributed by atoms with Crippen molar-refractivity contribution < 1.29 is 4.74 Å². The lowest BCUT2D eigenvalue weighted by Crippen LogP contribution is -2.38. The fourth-order valence-electron chi connectivity index (χ4n) is 1.40. The fourth-order valence-corrected chi connectivity index (χ4v) is 1.40. The first-order chi connectivity index (χ1) is 6.86. The van der Waals surface area contributed by atoms with Crippen molar-refractivity contribution in [2.24, 2.45) is 5.84 Å². The summed E-state index contributed by atoms with van der Waals surface area (Å²) in [6, 6.07) is 10.6. The molecule has 0 saturated carbocycles. The van der Waals surface area contributed by atoms with Crippen molar-refractivity contribution in [3.8, 4) is 0 Å². The first kappa shape index (κ1) is 11.2. The Balaban J connectivity index is 2.32. The Labute approximate surface area is 85.2 Å². The van der Waals surface area contributed by atoms with Crippen molar-refractivity contribution in [2.45, 2.75) is 18.9 Å². The standard InChI is InChI=1S/C11H18N2O/c1-14-9-11(13-12)8-7-10-5-3-2-4-6-10/h2-6,11,13H,7-9,12H2,1H3. The van der Waals surface area contributed by atoms with E-state index >= 15 is 0 Å². The largest absolute Gasteiger partial charge is 0.383 e. The van der Waals surface area contributed by atoms with Crippen molar-refractivity contribution >= 4 is 0 Å². The third kappa shape index (κ3) is 3.87. The van der Waals surface area contributed by atoms with E-state index in [-0.39, 0.29) is 6.04 Å². The van der Waals surface area contributed by atoms with Crippen LogP contribution < -0.4 is 11.3 Å². The molecule has 0 fully saturated rings. The number of rotatable bonds is 6. The summed E-state index contributed by atoms with van der Waals surface area (Å²) in [5.74, 6) is 5.39. The maximum atomic E-state index is 5.39. The average Bonchev–Trinajstić information content (AvgIpc) is 2.25. The molecule has 3 N–H and O–H groups in total. The van der Waals surface area contributed by atoms with Crippen LogP contribution in [0.4, 0.5) is 0 Å². The number of hydrogen-bond acceptors (Lipinski definition) is 3. The lowest BCUT2D eigenvalue weighted by Gasteiger charge is -2.14. The molecule has 1 aromatic rings. The molecule has 0 aromatic heterocycles. The van der Waals surface area contributed by atoms with Crippen LogP contribution in [0.5, 0.6) is 0 Å². The number of aryl methyl sites for hydroxylation is 1. The number of ether oxygens (including phenoxy) is 1. The molecule has 78 valence electrons. The first-order valence-electron chi connectivity index (χ1n) is 4.86. The zero-order valence-corrected chi connectivity index (χ0v) is 8.57. The molecule has 1 rings (SSSR count). The summed E-state index contributed by atoms with van der Waals surface area (Å²) in [7, 11) is 1.69. The number of nitrogens with one attached hydrogen (secondary N) is 1. The van der Waals surface area contributed by atoms with Gasteiger partial charge in [-0.2, -0.15) is 0 Å². The van der Waals surface area contributed by atoms with E-state index < -0.39 is 0 Å². The molecule has 1 aromatic carbocycles. The second kappa shape index (κ2) is 6.54. The molecule has 0 radical (unpaired) electrons. The predicted octanol–water partition coefficient (Wildman–Crippen LogP) is 1.10. The third-order valence-corrected chi connectivity index (χ3v) is 2.23. The van der Waals surface area contributed by atoms with Crippen LogP contribution in [-0.2, 0) is 11.2 Å². The number of methoxy groups -OCH3 is 1. The van der Waals surface area contributed by atoms with E-state index in [4.69, 9.17) is 10.6 Å². The van der Waals surface area contributed by atoms with Gasteiger partial charge in [-0.1, -0.05) is 30.3 Å². The highest BCUT2D eigenvalue weighted by Crippen LogP contribution is 2.04. The Bertz CT molecular complexity index is 238. The summed E-state index contributed by atoms with van der Waals surface area (Å²) < 4.78 is 5.04. The molecule has 3 nitrogen and oxygen atoms in total. The van der Waals surface area contributed by atoms with Crippen molar-refractivity contribution in [1.29, 1.82) is 0 Å². The number of benzene rings is 1. The highest BCUT2D eigenvalue weighted by Gasteiger charge is 2.05. The molecule has 0 bridgehead atoms. The SMILES string of the molecule is COCC(CCc1ccccc1)NN. The maximum Gasteiger partial charge on any atom is 0.0629 e. The molecule has 0 saturated heterocycles. The van der Waals surface area contributed by atoms with Gasteiger partial charge in [0.15, 0.2) is 0 Å². The normalized spacial score (nSPS) is 12.7. The summed E-state index contributed by atoms with van der Waals surface area (Å²) in [5.41, 5.74) is 4.09. The second-order valence-corrected chi connectivity index (χ2v) is 3.34. The summed E-state index contributed by atoms with van der Waals surface area (Å²) >= 11 is 0. The Kier molecular flexibility index (Phi) is 5.22. The predicted molar refractivity (Wildman–Crippen MR) is 57.8 cm³/mol. The lowest BCUT2D eigenvalue weighted by molar-refractivity contribution is 0.163. The number of hydrazine groups is 1. The number of nitrogens with two attached hydrogens (primary N) is 1. The van der Waals surface area contributed by atoms with E-state index in [1.165, 1.54) is 5.56 Å². The Morgan fingerprint density at radius 2 is 2.07 bits per heavy atom. The molecule has 0 aliphatic heterocycles. The molecule has 3 heteroatoms. The van der Waals surface area contributed by atoms with Crippen LogP contribution in [0.2, 0.25) is 0 Å². The molecule has 0 aliphatic rings. The van der Waals surface area contributed by atoms with Crippen molar-refractivity contribution in [2.75, 3.05) is 13.7 Å². The highest BCUT2D eigenvalue weighted by atomic mass is 16.5. The molecule has 14 heavy (non-hydrogen) atoms. The van der Waals surface area contributed by atoms with Crippen molar-refractivity contribution in [3.63, 3.8) is 0 Å². The minimum atomic E-state index is 0.236. The summed E-state index contributed by atoms with van der Waals surface area (Å²) in [6.45, 7) is 0.656. The summed E-state index contributed by atoms with van der Waals surface area (Å²) in [5, 5.41) is 0. The van der Waals surface area contributed by atoms with E-state index in [9.17, 15) is 0 Å². The monoisotopic (exact) mass is 194 g/mol. The van der Waals surface area contributed by atoms with Gasteiger partial charge in [0, 0.05) is 13.2 Å². The minimum Gasteiger partial charge on any atom is -0.383 e. The molecular weight excluding hydrogens is 176 g/mol. The smallest absolute Gasteiger partial charge is 0.0629 e. The van der Waals surface area contributed by atoms with Gasteiger partial charge in [0.1, 0.15) is 0 Å². The van der Waals surface area contributed by atoms with Crippen LogP contribution >= 0.6 is 0 Å². The molecule has 0 heterocycles. The van der Waals surface area contributed by atoms with Gasteiger partial charge in [-0.25, -0.2) is 0 Å². The van der Waals surface area contributed by atoms with E-state index in [1.54, 1.807) is 7.11 Å². The van der Waals surface area contributed by atoms with Crippen LogP contribution in [0, 0.1) is 0 Å². The molecular formula is C11H18N2O. The fraction of sp³-hybridized carbons (Fsp3) is 0.455. The van der Waals surface area contributed by atoms with Crippen LogP contribution in [0.25, 0.3) is 0 Å². The van der Waals surface area contributed by atoms with Crippen LogP contribution in [-0.4, -0.2) is 19.8 Å². The zero-order chi connectivity index (χ0) is 10.2. The van der Waals surface area contributed by atoms with E-state index in [0.29, 0.717) is 6.61 Å². The van der Waals surface area contributed by atoms with Gasteiger partial charge in [0.05, 0.1) is 6.61 Å². The van der Waals surface area contributed by atoms with Gasteiger partial charge >= 0.3 is 0 Å². The van der Waals surface area contributed by atoms with Gasteiger partial charge in [-0.3, -0.25) is 11.3 Å². The van der Waals surface area contributed by atoms with E-state index in [2.05, 4.69) is 29.7 Å². The van der Waals surface area contributed by atoms with Crippen LogP contribution in [0.3, 0.4) is 0 Å². The molecule has 1 atom stereocenters. The third-order valence-electron chi connectivity index (χ3n) is 2.23. The Morgan fingerprint density at radius 1 is 1.36 bits per heavy atom. The zero-order valence-electron chi connectivity index (χ0n) is 8.57. The van der Waals surface area contributed by atoms with Gasteiger partial charge in [-0.15, -0.1) is 0 Å². The minimum absolute atomic E-state index is 0.236. The quantitative estimate of drug-likeness (QED) is 0.526. The van der Waals surface area contributed by atoms with Gasteiger partial charge in [-0.05, 0) is 18.4 Å². The van der Waals surface area contributed by atoms with Crippen molar-refractivity contribution in [3.05, 3.63) is 35.9 Å². The van der Waals surface area contributed by atoms with E-state index in [1.807, 2.05) is 6.07 Å².